The number of carbonyl (C=O) groups is 1. The maximum Gasteiger partial charge on any atom is 0.318 e. The van der Waals surface area contributed by atoms with E-state index in [0.29, 0.717) is 38.3 Å². The molecule has 2 fully saturated rings. The van der Waals surface area contributed by atoms with Crippen LogP contribution in [-0.2, 0) is 16.6 Å². The summed E-state index contributed by atoms with van der Waals surface area (Å²) in [7, 11) is 3.75. The third-order valence-electron chi connectivity index (χ3n) is 9.47. The van der Waals surface area contributed by atoms with Gasteiger partial charge < -0.3 is 25.6 Å². The molecular formula is C32H45F2N7O2. The predicted octanol–water partition coefficient (Wildman–Crippen LogP) is 3.80. The van der Waals surface area contributed by atoms with Gasteiger partial charge in [0.1, 0.15) is 12.8 Å². The molecule has 11 heteroatoms. The molecular weight excluding hydrogens is 552 g/mol. The Morgan fingerprint density at radius 2 is 1.98 bits per heavy atom. The Hall–Kier alpha value is -3.31. The fraction of sp³-hybridized carbons (Fsp3) is 0.594. The van der Waals surface area contributed by atoms with E-state index >= 15 is 0 Å². The summed E-state index contributed by atoms with van der Waals surface area (Å²) in [5.74, 6) is -0.810. The first kappa shape index (κ1) is 31.1. The van der Waals surface area contributed by atoms with E-state index in [1.807, 2.05) is 19.0 Å². The Morgan fingerprint density at radius 3 is 2.65 bits per heavy atom. The van der Waals surface area contributed by atoms with Crippen molar-refractivity contribution < 1.29 is 18.3 Å². The lowest BCUT2D eigenvalue weighted by Gasteiger charge is -2.42. The molecule has 1 unspecified atom stereocenters. The van der Waals surface area contributed by atoms with Gasteiger partial charge in [-0.25, -0.2) is 8.78 Å². The number of nitrogens with two attached hydrogens (primary N) is 1. The van der Waals surface area contributed by atoms with E-state index in [9.17, 15) is 13.6 Å². The summed E-state index contributed by atoms with van der Waals surface area (Å²) in [5, 5.41) is 3.35. The van der Waals surface area contributed by atoms with E-state index in [1.165, 1.54) is 16.0 Å². The number of benzene rings is 1. The van der Waals surface area contributed by atoms with Gasteiger partial charge in [-0.2, -0.15) is 9.97 Å². The van der Waals surface area contributed by atoms with Gasteiger partial charge in [-0.05, 0) is 55.2 Å². The zero-order valence-corrected chi connectivity index (χ0v) is 25.8. The van der Waals surface area contributed by atoms with Gasteiger partial charge in [0, 0.05) is 45.8 Å². The van der Waals surface area contributed by atoms with E-state index in [2.05, 4.69) is 54.9 Å². The van der Waals surface area contributed by atoms with Crippen LogP contribution in [0.15, 0.2) is 36.7 Å². The van der Waals surface area contributed by atoms with Crippen LogP contribution in [-0.4, -0.2) is 97.4 Å². The summed E-state index contributed by atoms with van der Waals surface area (Å²) < 4.78 is 34.0. The first-order chi connectivity index (χ1) is 20.5. The lowest BCUT2D eigenvalue weighted by molar-refractivity contribution is -0.131. The van der Waals surface area contributed by atoms with Gasteiger partial charge >= 0.3 is 6.01 Å². The zero-order chi connectivity index (χ0) is 30.9. The van der Waals surface area contributed by atoms with E-state index in [0.717, 1.165) is 24.2 Å². The number of likely N-dealkylation sites (tertiary alicyclic amines) is 1. The van der Waals surface area contributed by atoms with E-state index < -0.39 is 23.9 Å². The molecule has 5 rings (SSSR count). The third-order valence-corrected chi connectivity index (χ3v) is 9.47. The second-order valence-corrected chi connectivity index (χ2v) is 12.8. The molecule has 0 saturated carbocycles. The molecule has 43 heavy (non-hydrogen) atoms. The Kier molecular flexibility index (Phi) is 9.22. The second kappa shape index (κ2) is 12.7. The van der Waals surface area contributed by atoms with Crippen LogP contribution in [0, 0.1) is 0 Å². The maximum absolute atomic E-state index is 14.1. The number of carbonyl (C=O) groups excluding carboxylic acids is 1. The summed E-state index contributed by atoms with van der Waals surface area (Å²) in [6.45, 7) is 9.69. The van der Waals surface area contributed by atoms with Crippen LogP contribution in [0.3, 0.4) is 0 Å². The van der Waals surface area contributed by atoms with Crippen LogP contribution >= 0.6 is 0 Å². The number of alkyl halides is 1. The Morgan fingerprint density at radius 1 is 1.21 bits per heavy atom. The molecule has 3 N–H and O–H groups in total. The first-order valence-corrected chi connectivity index (χ1v) is 15.3. The molecule has 2 saturated heterocycles. The number of ether oxygens (including phenoxy) is 1. The smallest absolute Gasteiger partial charge is 0.318 e. The van der Waals surface area contributed by atoms with Gasteiger partial charge in [0.05, 0.1) is 17.4 Å². The van der Waals surface area contributed by atoms with Crippen molar-refractivity contribution in [2.24, 2.45) is 5.73 Å². The zero-order valence-electron chi connectivity index (χ0n) is 25.8. The van der Waals surface area contributed by atoms with Gasteiger partial charge in [-0.1, -0.05) is 44.7 Å². The summed E-state index contributed by atoms with van der Waals surface area (Å²) in [4.78, 5) is 27.7. The Balaban J connectivity index is 1.48. The minimum atomic E-state index is -0.994. The average molecular weight is 598 g/mol. The number of hydrogen-bond donors (Lipinski definition) is 2. The number of anilines is 2. The van der Waals surface area contributed by atoms with Crippen LogP contribution in [0.2, 0.25) is 0 Å². The minimum absolute atomic E-state index is 0.0630. The van der Waals surface area contributed by atoms with E-state index in [-0.39, 0.29) is 43.1 Å². The average Bonchev–Trinajstić information content (AvgIpc) is 3.32. The van der Waals surface area contributed by atoms with Gasteiger partial charge in [0.25, 0.3) is 5.91 Å². The lowest BCUT2D eigenvalue weighted by Crippen LogP contribution is -2.58. The number of piperazine rings is 1. The number of rotatable bonds is 9. The quantitative estimate of drug-likeness (QED) is 0.422. The molecule has 0 radical (unpaired) electrons. The lowest BCUT2D eigenvalue weighted by atomic mass is 9.68. The van der Waals surface area contributed by atoms with Crippen molar-refractivity contribution in [2.45, 2.75) is 69.1 Å². The molecule has 1 aliphatic carbocycles. The number of amides is 1. The van der Waals surface area contributed by atoms with Gasteiger partial charge in [0.2, 0.25) is 0 Å². The largest absolute Gasteiger partial charge is 0.462 e. The first-order valence-electron chi connectivity index (χ1n) is 15.3. The summed E-state index contributed by atoms with van der Waals surface area (Å²) in [5.41, 5.74) is 10.5. The van der Waals surface area contributed by atoms with Gasteiger partial charge in [-0.15, -0.1) is 0 Å². The second-order valence-electron chi connectivity index (χ2n) is 12.8. The number of fused-ring (bicyclic) bond motifs is 1. The summed E-state index contributed by atoms with van der Waals surface area (Å²) in [6, 6.07) is 8.43. The molecule has 3 heterocycles. The molecule has 0 spiro atoms. The molecule has 2 aliphatic heterocycles. The Labute approximate surface area is 253 Å². The van der Waals surface area contributed by atoms with Crippen LogP contribution < -0.4 is 20.7 Å². The third kappa shape index (κ3) is 6.47. The van der Waals surface area contributed by atoms with Crippen molar-refractivity contribution >= 4 is 17.4 Å². The van der Waals surface area contributed by atoms with Crippen molar-refractivity contribution in [2.75, 3.05) is 63.6 Å². The molecule has 4 atom stereocenters. The molecule has 3 aliphatic rings. The number of likely N-dealkylation sites (N-methyl/N-ethyl adjacent to an activating group) is 1. The van der Waals surface area contributed by atoms with Crippen molar-refractivity contribution in [1.82, 2.24) is 19.8 Å². The highest BCUT2D eigenvalue weighted by molar-refractivity contribution is 5.91. The van der Waals surface area contributed by atoms with Crippen LogP contribution in [0.4, 0.5) is 20.3 Å². The summed E-state index contributed by atoms with van der Waals surface area (Å²) >= 11 is 0. The number of halogens is 2. The van der Waals surface area contributed by atoms with Crippen molar-refractivity contribution in [3.05, 3.63) is 53.5 Å². The van der Waals surface area contributed by atoms with Crippen LogP contribution in [0.25, 0.3) is 0 Å². The highest BCUT2D eigenvalue weighted by Gasteiger charge is 2.36. The monoisotopic (exact) mass is 597 g/mol. The summed E-state index contributed by atoms with van der Waals surface area (Å²) in [6.07, 6.45) is 2.31. The van der Waals surface area contributed by atoms with Gasteiger partial charge in [-0.3, -0.25) is 9.69 Å². The molecule has 2 aromatic rings. The molecule has 1 aromatic heterocycles. The standard InChI is InChI=1S/C32H45F2N7O2/c1-20(33)30(42)41-13-12-40(18-24(41)16-35)29-28(36-4)27(37-31(38-29)43-19-23-15-22(34)17-39(23)5)14-21-10-11-32(2,3)26-9-7-6-8-25(21)26/h6-9,21-24,36H,1,10-19,35H2,2-5H3/t21?,22-,23+,24+/m1/s1. The molecule has 1 aromatic carbocycles. The van der Waals surface area contributed by atoms with E-state index in [4.69, 9.17) is 20.4 Å². The fourth-order valence-electron chi connectivity index (χ4n) is 6.96. The topological polar surface area (TPSA) is 99.8 Å². The normalized spacial score (nSPS) is 25.4. The Bertz CT molecular complexity index is 1340. The highest BCUT2D eigenvalue weighted by atomic mass is 19.1. The molecule has 1 amide bonds. The molecule has 9 nitrogen and oxygen atoms in total. The highest BCUT2D eigenvalue weighted by Crippen LogP contribution is 2.45. The maximum atomic E-state index is 14.1. The minimum Gasteiger partial charge on any atom is -0.462 e. The molecule has 234 valence electrons. The van der Waals surface area contributed by atoms with Crippen molar-refractivity contribution in [3.63, 3.8) is 0 Å². The molecule has 0 bridgehead atoms. The fourth-order valence-corrected chi connectivity index (χ4v) is 6.96. The SMILES string of the molecule is C=C(F)C(=O)N1CCN(c2nc(OC[C@@H]3C[C@@H](F)CN3C)nc(CC3CCC(C)(C)c4ccccc43)c2NC)C[C@@H]1CN. The van der Waals surface area contributed by atoms with Crippen LogP contribution in [0.1, 0.15) is 55.8 Å². The number of hydrogen-bond acceptors (Lipinski definition) is 8. The number of nitrogens with one attached hydrogen (secondary N) is 1. The van der Waals surface area contributed by atoms with E-state index in [1.54, 1.807) is 0 Å². The van der Waals surface area contributed by atoms with Crippen LogP contribution in [0.5, 0.6) is 6.01 Å². The van der Waals surface area contributed by atoms with Crippen molar-refractivity contribution in [1.29, 1.82) is 0 Å². The van der Waals surface area contributed by atoms with Gasteiger partial charge in [0.15, 0.2) is 11.6 Å². The predicted molar refractivity (Wildman–Crippen MR) is 165 cm³/mol. The number of nitrogens with zero attached hydrogens (tertiary/aromatic N) is 5. The van der Waals surface area contributed by atoms with Crippen molar-refractivity contribution in [3.8, 4) is 6.01 Å². The number of aromatic nitrogens is 2.